The molecule has 1 heterocycles. The minimum absolute atomic E-state index is 0.0613. The van der Waals surface area contributed by atoms with Gasteiger partial charge in [0.2, 0.25) is 0 Å². The van der Waals surface area contributed by atoms with Gasteiger partial charge in [0.15, 0.2) is 0 Å². The summed E-state index contributed by atoms with van der Waals surface area (Å²) < 4.78 is 15.8. The van der Waals surface area contributed by atoms with Crippen molar-refractivity contribution in [3.05, 3.63) is 52.1 Å². The standard InChI is InChI=1S/C15H17FN4/c1-10-14(6-7-17)11(2)20(19-10)9-13-5-3-4-12(8-18)15(13)16/h3-5H,6-7,9,17H2,1-2H3. The van der Waals surface area contributed by atoms with Crippen LogP contribution in [0.5, 0.6) is 0 Å². The van der Waals surface area contributed by atoms with E-state index in [1.165, 1.54) is 6.07 Å². The van der Waals surface area contributed by atoms with Crippen LogP contribution in [0.15, 0.2) is 18.2 Å². The molecule has 1 aromatic carbocycles. The maximum absolute atomic E-state index is 14.1. The third-order valence-electron chi connectivity index (χ3n) is 3.44. The van der Waals surface area contributed by atoms with Crippen molar-refractivity contribution in [1.82, 2.24) is 9.78 Å². The fourth-order valence-corrected chi connectivity index (χ4v) is 2.34. The maximum Gasteiger partial charge on any atom is 0.146 e. The minimum atomic E-state index is -0.470. The Labute approximate surface area is 117 Å². The highest BCUT2D eigenvalue weighted by Gasteiger charge is 2.13. The van der Waals surface area contributed by atoms with Crippen LogP contribution in [0.1, 0.15) is 28.1 Å². The van der Waals surface area contributed by atoms with E-state index in [9.17, 15) is 4.39 Å². The summed E-state index contributed by atoms with van der Waals surface area (Å²) in [6, 6.07) is 6.68. The first kappa shape index (κ1) is 14.2. The number of hydrogen-bond donors (Lipinski definition) is 1. The van der Waals surface area contributed by atoms with Crippen LogP contribution in [0.4, 0.5) is 4.39 Å². The van der Waals surface area contributed by atoms with Crippen LogP contribution in [0.3, 0.4) is 0 Å². The van der Waals surface area contributed by atoms with Crippen molar-refractivity contribution >= 4 is 0 Å². The summed E-state index contributed by atoms with van der Waals surface area (Å²) in [7, 11) is 0. The molecule has 2 rings (SSSR count). The second-order valence-electron chi connectivity index (χ2n) is 4.74. The molecule has 0 fully saturated rings. The van der Waals surface area contributed by atoms with Crippen molar-refractivity contribution in [1.29, 1.82) is 5.26 Å². The molecule has 2 aromatic rings. The molecule has 0 saturated carbocycles. The third kappa shape index (κ3) is 2.56. The molecule has 1 aromatic heterocycles. The molecule has 0 amide bonds. The summed E-state index contributed by atoms with van der Waals surface area (Å²) in [5.41, 5.74) is 9.15. The number of rotatable bonds is 4. The summed E-state index contributed by atoms with van der Waals surface area (Å²) in [6.07, 6.45) is 0.762. The van der Waals surface area contributed by atoms with E-state index in [2.05, 4.69) is 5.10 Å². The predicted molar refractivity (Wildman–Crippen MR) is 74.7 cm³/mol. The lowest BCUT2D eigenvalue weighted by Crippen LogP contribution is -2.08. The van der Waals surface area contributed by atoms with Crippen molar-refractivity contribution in [2.75, 3.05) is 6.54 Å². The summed E-state index contributed by atoms with van der Waals surface area (Å²) in [5, 5.41) is 13.3. The predicted octanol–water partition coefficient (Wildman–Crippen LogP) is 2.06. The monoisotopic (exact) mass is 272 g/mol. The van der Waals surface area contributed by atoms with Crippen molar-refractivity contribution in [3.63, 3.8) is 0 Å². The van der Waals surface area contributed by atoms with Crippen molar-refractivity contribution in [2.24, 2.45) is 5.73 Å². The lowest BCUT2D eigenvalue weighted by Gasteiger charge is -2.07. The normalized spacial score (nSPS) is 10.6. The van der Waals surface area contributed by atoms with Gasteiger partial charge in [0.1, 0.15) is 11.9 Å². The zero-order valence-corrected chi connectivity index (χ0v) is 11.7. The van der Waals surface area contributed by atoms with E-state index in [-0.39, 0.29) is 5.56 Å². The topological polar surface area (TPSA) is 67.6 Å². The molecule has 104 valence electrons. The van der Waals surface area contributed by atoms with Gasteiger partial charge < -0.3 is 5.73 Å². The quantitative estimate of drug-likeness (QED) is 0.926. The second-order valence-corrected chi connectivity index (χ2v) is 4.74. The lowest BCUT2D eigenvalue weighted by molar-refractivity contribution is 0.576. The first-order chi connectivity index (χ1) is 9.58. The molecule has 0 aliphatic carbocycles. The zero-order valence-electron chi connectivity index (χ0n) is 11.7. The van der Waals surface area contributed by atoms with Crippen molar-refractivity contribution < 1.29 is 4.39 Å². The molecule has 0 radical (unpaired) electrons. The Kier molecular flexibility index (Phi) is 4.16. The number of nitrogens with two attached hydrogens (primary N) is 1. The summed E-state index contributed by atoms with van der Waals surface area (Å²) in [5.74, 6) is -0.470. The highest BCUT2D eigenvalue weighted by atomic mass is 19.1. The number of nitrogens with zero attached hydrogens (tertiary/aromatic N) is 3. The highest BCUT2D eigenvalue weighted by Crippen LogP contribution is 2.18. The van der Waals surface area contributed by atoms with Gasteiger partial charge in [-0.25, -0.2) is 4.39 Å². The molecule has 2 N–H and O–H groups in total. The van der Waals surface area contributed by atoms with E-state index in [0.29, 0.717) is 18.7 Å². The Bertz CT molecular complexity index is 667. The van der Waals surface area contributed by atoms with Crippen LogP contribution in [0.25, 0.3) is 0 Å². The smallest absolute Gasteiger partial charge is 0.146 e. The molecule has 0 aliphatic rings. The summed E-state index contributed by atoms with van der Waals surface area (Å²) in [6.45, 7) is 4.76. The Hall–Kier alpha value is -2.19. The maximum atomic E-state index is 14.1. The summed E-state index contributed by atoms with van der Waals surface area (Å²) >= 11 is 0. The van der Waals surface area contributed by atoms with E-state index in [1.807, 2.05) is 19.9 Å². The van der Waals surface area contributed by atoms with E-state index < -0.39 is 5.82 Å². The van der Waals surface area contributed by atoms with Gasteiger partial charge in [0.25, 0.3) is 0 Å². The molecule has 20 heavy (non-hydrogen) atoms. The van der Waals surface area contributed by atoms with Gasteiger partial charge in [-0.3, -0.25) is 4.68 Å². The van der Waals surface area contributed by atoms with Gasteiger partial charge in [0.05, 0.1) is 17.8 Å². The average molecular weight is 272 g/mol. The molecule has 0 spiro atoms. The number of aromatic nitrogens is 2. The van der Waals surface area contributed by atoms with Gasteiger partial charge in [0, 0.05) is 11.3 Å². The molecule has 0 aliphatic heterocycles. The number of hydrogen-bond acceptors (Lipinski definition) is 3. The molecular formula is C15H17FN4. The van der Waals surface area contributed by atoms with Crippen LogP contribution in [-0.4, -0.2) is 16.3 Å². The molecule has 4 nitrogen and oxygen atoms in total. The minimum Gasteiger partial charge on any atom is -0.330 e. The van der Waals surface area contributed by atoms with Gasteiger partial charge in [-0.1, -0.05) is 12.1 Å². The largest absolute Gasteiger partial charge is 0.330 e. The number of halogens is 1. The average Bonchev–Trinajstić information content (AvgIpc) is 2.69. The van der Waals surface area contributed by atoms with Gasteiger partial charge >= 0.3 is 0 Å². The number of aryl methyl sites for hydroxylation is 1. The summed E-state index contributed by atoms with van der Waals surface area (Å²) in [4.78, 5) is 0. The zero-order chi connectivity index (χ0) is 14.7. The number of benzene rings is 1. The SMILES string of the molecule is Cc1nn(Cc2cccc(C#N)c2F)c(C)c1CCN. The Balaban J connectivity index is 2.36. The highest BCUT2D eigenvalue weighted by molar-refractivity contribution is 5.35. The number of nitriles is 1. The second kappa shape index (κ2) is 5.85. The van der Waals surface area contributed by atoms with Crippen LogP contribution >= 0.6 is 0 Å². The molecule has 0 saturated heterocycles. The van der Waals surface area contributed by atoms with Crippen molar-refractivity contribution in [2.45, 2.75) is 26.8 Å². The van der Waals surface area contributed by atoms with E-state index >= 15 is 0 Å². The van der Waals surface area contributed by atoms with Gasteiger partial charge in [-0.05, 0) is 38.4 Å². The van der Waals surface area contributed by atoms with Crippen LogP contribution in [-0.2, 0) is 13.0 Å². The van der Waals surface area contributed by atoms with E-state index in [1.54, 1.807) is 16.8 Å². The Morgan fingerprint density at radius 3 is 2.80 bits per heavy atom. The molecular weight excluding hydrogens is 255 g/mol. The molecule has 0 unspecified atom stereocenters. The molecule has 0 atom stereocenters. The van der Waals surface area contributed by atoms with Gasteiger partial charge in [-0.2, -0.15) is 10.4 Å². The third-order valence-corrected chi connectivity index (χ3v) is 3.44. The van der Waals surface area contributed by atoms with Gasteiger partial charge in [-0.15, -0.1) is 0 Å². The van der Waals surface area contributed by atoms with E-state index in [0.717, 1.165) is 23.4 Å². The Morgan fingerprint density at radius 1 is 1.40 bits per heavy atom. The van der Waals surface area contributed by atoms with Crippen molar-refractivity contribution in [3.8, 4) is 6.07 Å². The van der Waals surface area contributed by atoms with Crippen LogP contribution < -0.4 is 5.73 Å². The molecule has 5 heteroatoms. The fraction of sp³-hybridized carbons (Fsp3) is 0.333. The first-order valence-corrected chi connectivity index (χ1v) is 6.49. The lowest BCUT2D eigenvalue weighted by atomic mass is 10.1. The van der Waals surface area contributed by atoms with E-state index in [4.69, 9.17) is 11.0 Å². The van der Waals surface area contributed by atoms with Crippen LogP contribution in [0.2, 0.25) is 0 Å². The fourth-order valence-electron chi connectivity index (χ4n) is 2.34. The Morgan fingerprint density at radius 2 is 2.15 bits per heavy atom. The van der Waals surface area contributed by atoms with Crippen LogP contribution in [0, 0.1) is 31.0 Å². The first-order valence-electron chi connectivity index (χ1n) is 6.49. The molecule has 0 bridgehead atoms.